The summed E-state index contributed by atoms with van der Waals surface area (Å²) in [5.74, 6) is -2.32. The molecule has 0 aliphatic heterocycles. The van der Waals surface area contributed by atoms with Crippen LogP contribution in [-0.2, 0) is 15.7 Å². The Morgan fingerprint density at radius 1 is 1.00 bits per heavy atom. The highest BCUT2D eigenvalue weighted by molar-refractivity contribution is 5.98. The van der Waals surface area contributed by atoms with Gasteiger partial charge in [0, 0.05) is 5.69 Å². The van der Waals surface area contributed by atoms with Gasteiger partial charge in [0.25, 0.3) is 5.91 Å². The van der Waals surface area contributed by atoms with Gasteiger partial charge >= 0.3 is 18.8 Å². The first-order chi connectivity index (χ1) is 13.1. The first kappa shape index (κ1) is 21.1. The van der Waals surface area contributed by atoms with Crippen LogP contribution in [0.15, 0.2) is 48.5 Å². The summed E-state index contributed by atoms with van der Waals surface area (Å²) in [4.78, 5) is 24.2. The molecule has 0 aliphatic carbocycles. The third-order valence-corrected chi connectivity index (χ3v) is 3.46. The summed E-state index contributed by atoms with van der Waals surface area (Å²) >= 11 is 0. The van der Waals surface area contributed by atoms with Gasteiger partial charge in [0.05, 0.1) is 5.56 Å². The number of anilines is 1. The first-order valence-corrected chi connectivity index (χ1v) is 7.81. The molecule has 0 fully saturated rings. The van der Waals surface area contributed by atoms with Crippen LogP contribution in [0.2, 0.25) is 0 Å². The van der Waals surface area contributed by atoms with E-state index in [0.29, 0.717) is 0 Å². The average molecular weight is 403 g/mol. The molecule has 0 heterocycles. The van der Waals surface area contributed by atoms with Crippen LogP contribution in [0.4, 0.5) is 27.6 Å². The lowest BCUT2D eigenvalue weighted by Gasteiger charge is -2.15. The molecule has 0 bridgehead atoms. The molecule has 0 aliphatic rings. The lowest BCUT2D eigenvalue weighted by Crippen LogP contribution is -2.30. The Morgan fingerprint density at radius 3 is 2.18 bits per heavy atom. The molecule has 1 atom stereocenters. The molecule has 0 radical (unpaired) electrons. The largest absolute Gasteiger partial charge is 0.449 e. The lowest BCUT2D eigenvalue weighted by molar-refractivity contribution is -0.137. The first-order valence-electron chi connectivity index (χ1n) is 7.81. The van der Waals surface area contributed by atoms with E-state index in [1.165, 1.54) is 25.1 Å². The zero-order valence-electron chi connectivity index (χ0n) is 14.3. The fraction of sp³-hybridized carbons (Fsp3) is 0.222. The molecule has 2 aromatic carbocycles. The van der Waals surface area contributed by atoms with Crippen molar-refractivity contribution in [3.8, 4) is 5.75 Å². The van der Waals surface area contributed by atoms with Crippen LogP contribution in [0.5, 0.6) is 5.75 Å². The van der Waals surface area contributed by atoms with Crippen molar-refractivity contribution in [2.24, 2.45) is 0 Å². The molecule has 2 aromatic rings. The van der Waals surface area contributed by atoms with Crippen LogP contribution in [0.25, 0.3) is 0 Å². The molecule has 0 saturated carbocycles. The van der Waals surface area contributed by atoms with E-state index < -0.39 is 42.1 Å². The number of nitrogens with one attached hydrogen (secondary N) is 1. The number of carbonyl (C=O) groups is 2. The molecule has 10 heteroatoms. The van der Waals surface area contributed by atoms with Gasteiger partial charge in [-0.2, -0.15) is 22.0 Å². The summed E-state index contributed by atoms with van der Waals surface area (Å²) in [7, 11) is 0. The number of hydrogen-bond acceptors (Lipinski definition) is 4. The van der Waals surface area contributed by atoms with Crippen molar-refractivity contribution in [3.05, 3.63) is 59.7 Å². The Morgan fingerprint density at radius 2 is 1.61 bits per heavy atom. The number of rotatable bonds is 6. The highest BCUT2D eigenvalue weighted by atomic mass is 19.4. The molecule has 1 N–H and O–H groups in total. The summed E-state index contributed by atoms with van der Waals surface area (Å²) in [5.41, 5.74) is -1.14. The van der Waals surface area contributed by atoms with Gasteiger partial charge in [-0.05, 0) is 43.3 Å². The Hall–Kier alpha value is -3.17. The molecule has 28 heavy (non-hydrogen) atoms. The van der Waals surface area contributed by atoms with Gasteiger partial charge in [-0.25, -0.2) is 4.79 Å². The minimum absolute atomic E-state index is 0.0577. The number of ether oxygens (including phenoxy) is 2. The average Bonchev–Trinajstić information content (AvgIpc) is 2.61. The van der Waals surface area contributed by atoms with Gasteiger partial charge < -0.3 is 14.8 Å². The van der Waals surface area contributed by atoms with E-state index in [0.717, 1.165) is 30.3 Å². The van der Waals surface area contributed by atoms with Crippen molar-refractivity contribution in [3.63, 3.8) is 0 Å². The van der Waals surface area contributed by atoms with Crippen molar-refractivity contribution < 1.29 is 41.0 Å². The zero-order valence-corrected chi connectivity index (χ0v) is 14.3. The normalized spacial score (nSPS) is 12.4. The van der Waals surface area contributed by atoms with Crippen LogP contribution in [-0.4, -0.2) is 24.6 Å². The molecule has 2 rings (SSSR count). The summed E-state index contributed by atoms with van der Waals surface area (Å²) in [6.45, 7) is -1.94. The van der Waals surface area contributed by atoms with Crippen molar-refractivity contribution in [1.29, 1.82) is 0 Å². The number of amides is 1. The number of para-hydroxylation sites is 1. The maximum absolute atomic E-state index is 12.5. The summed E-state index contributed by atoms with van der Waals surface area (Å²) in [5, 5.41) is 2.29. The van der Waals surface area contributed by atoms with Gasteiger partial charge in [-0.3, -0.25) is 4.79 Å². The summed E-state index contributed by atoms with van der Waals surface area (Å²) in [6, 6.07) is 8.73. The van der Waals surface area contributed by atoms with Crippen LogP contribution in [0.3, 0.4) is 0 Å². The molecule has 0 saturated heterocycles. The second kappa shape index (κ2) is 8.68. The van der Waals surface area contributed by atoms with Crippen molar-refractivity contribution in [2.75, 3.05) is 5.32 Å². The minimum atomic E-state index is -4.51. The molecule has 1 amide bonds. The van der Waals surface area contributed by atoms with Crippen molar-refractivity contribution in [2.45, 2.75) is 25.8 Å². The SMILES string of the molecule is C[C@@H](OC(=O)c1ccccc1OC(F)F)C(=O)Nc1ccc(C(F)(F)F)cc1. The maximum Gasteiger partial charge on any atom is 0.416 e. The fourth-order valence-corrected chi connectivity index (χ4v) is 2.10. The molecule has 0 spiro atoms. The van der Waals surface area contributed by atoms with E-state index in [2.05, 4.69) is 10.1 Å². The van der Waals surface area contributed by atoms with Gasteiger partial charge in [0.2, 0.25) is 0 Å². The second-order valence-corrected chi connectivity index (χ2v) is 5.49. The summed E-state index contributed by atoms with van der Waals surface area (Å²) in [6.07, 6.45) is -5.87. The Bertz CT molecular complexity index is 837. The molecule has 0 unspecified atom stereocenters. The number of alkyl halides is 5. The fourth-order valence-electron chi connectivity index (χ4n) is 2.10. The number of carbonyl (C=O) groups excluding carboxylic acids is 2. The van der Waals surface area contributed by atoms with E-state index in [9.17, 15) is 31.5 Å². The van der Waals surface area contributed by atoms with E-state index in [1.807, 2.05) is 0 Å². The van der Waals surface area contributed by atoms with Gasteiger partial charge in [0.1, 0.15) is 11.3 Å². The topological polar surface area (TPSA) is 64.6 Å². The highest BCUT2D eigenvalue weighted by Crippen LogP contribution is 2.30. The minimum Gasteiger partial charge on any atom is -0.449 e. The van der Waals surface area contributed by atoms with E-state index in [-0.39, 0.29) is 11.3 Å². The Labute approximate surface area is 156 Å². The smallest absolute Gasteiger partial charge is 0.416 e. The quantitative estimate of drug-likeness (QED) is 0.570. The van der Waals surface area contributed by atoms with Gasteiger partial charge in [-0.15, -0.1) is 0 Å². The van der Waals surface area contributed by atoms with Gasteiger partial charge in [-0.1, -0.05) is 12.1 Å². The van der Waals surface area contributed by atoms with Crippen LogP contribution >= 0.6 is 0 Å². The standard InChI is InChI=1S/C18H14F5NO4/c1-10(15(25)24-12-8-6-11(7-9-12)18(21,22)23)27-16(26)13-4-2-3-5-14(13)28-17(19)20/h2-10,17H,1H3,(H,24,25)/t10-/m1/s1. The van der Waals surface area contributed by atoms with Gasteiger partial charge in [0.15, 0.2) is 6.10 Å². The van der Waals surface area contributed by atoms with Crippen LogP contribution in [0.1, 0.15) is 22.8 Å². The monoisotopic (exact) mass is 403 g/mol. The molecular formula is C18H14F5NO4. The zero-order chi connectivity index (χ0) is 20.9. The molecule has 5 nitrogen and oxygen atoms in total. The predicted molar refractivity (Wildman–Crippen MR) is 88.0 cm³/mol. The number of hydrogen-bond donors (Lipinski definition) is 1. The lowest BCUT2D eigenvalue weighted by atomic mass is 10.2. The summed E-state index contributed by atoms with van der Waals surface area (Å²) < 4.78 is 71.5. The van der Waals surface area contributed by atoms with Crippen LogP contribution < -0.4 is 10.1 Å². The number of halogens is 5. The molecule has 0 aromatic heterocycles. The van der Waals surface area contributed by atoms with E-state index in [4.69, 9.17) is 4.74 Å². The number of benzene rings is 2. The number of esters is 1. The second-order valence-electron chi connectivity index (χ2n) is 5.49. The third kappa shape index (κ3) is 5.66. The Kier molecular flexibility index (Phi) is 6.55. The Balaban J connectivity index is 2.01. The highest BCUT2D eigenvalue weighted by Gasteiger charge is 2.30. The molecular weight excluding hydrogens is 389 g/mol. The molecule has 150 valence electrons. The van der Waals surface area contributed by atoms with Crippen LogP contribution in [0, 0.1) is 0 Å². The van der Waals surface area contributed by atoms with Crippen molar-refractivity contribution >= 4 is 17.6 Å². The van der Waals surface area contributed by atoms with Crippen molar-refractivity contribution in [1.82, 2.24) is 0 Å². The van der Waals surface area contributed by atoms with E-state index >= 15 is 0 Å². The maximum atomic E-state index is 12.5. The predicted octanol–water partition coefficient (Wildman–Crippen LogP) is 4.49. The third-order valence-electron chi connectivity index (χ3n) is 3.46. The van der Waals surface area contributed by atoms with E-state index in [1.54, 1.807) is 0 Å².